The van der Waals surface area contributed by atoms with Crippen molar-refractivity contribution in [2.45, 2.75) is 27.7 Å². The maximum Gasteiger partial charge on any atom is 0.521 e. The van der Waals surface area contributed by atoms with Crippen LogP contribution in [0.3, 0.4) is 0 Å². The van der Waals surface area contributed by atoms with Gasteiger partial charge in [-0.05, 0) is 38.8 Å². The number of hydrogen-bond donors (Lipinski definition) is 2. The second-order valence-electron chi connectivity index (χ2n) is 4.31. The van der Waals surface area contributed by atoms with Gasteiger partial charge in [-0.25, -0.2) is 4.79 Å². The van der Waals surface area contributed by atoms with Gasteiger partial charge in [-0.15, -0.1) is 0 Å². The van der Waals surface area contributed by atoms with Gasteiger partial charge in [0, 0.05) is 23.5 Å². The number of aromatic amines is 2. The molecule has 0 amide bonds. The Morgan fingerprint density at radius 2 is 1.28 bits per heavy atom. The predicted molar refractivity (Wildman–Crippen MR) is 67.2 cm³/mol. The van der Waals surface area contributed by atoms with Crippen molar-refractivity contribution in [2.24, 2.45) is 0 Å². The van der Waals surface area contributed by atoms with Crippen LogP contribution in [-0.4, -0.2) is 16.1 Å². The number of hydrogen-bond acceptors (Lipinski definition) is 3. The lowest BCUT2D eigenvalue weighted by Gasteiger charge is -2.04. The molecule has 2 rings (SSSR count). The average molecular weight is 248 g/mol. The Labute approximate surface area is 105 Å². The highest BCUT2D eigenvalue weighted by molar-refractivity contribution is 5.67. The van der Waals surface area contributed by atoms with Crippen LogP contribution >= 0.6 is 0 Å². The van der Waals surface area contributed by atoms with Crippen molar-refractivity contribution in [1.29, 1.82) is 0 Å². The number of nitrogens with one attached hydrogen (secondary N) is 2. The zero-order valence-electron chi connectivity index (χ0n) is 10.9. The minimum Gasteiger partial charge on any atom is -0.377 e. The number of carbonyl (C=O) groups excluding carboxylic acids is 1. The Balaban J connectivity index is 2.05. The Bertz CT molecular complexity index is 531. The van der Waals surface area contributed by atoms with Gasteiger partial charge in [0.2, 0.25) is 11.8 Å². The molecule has 2 heterocycles. The Hall–Kier alpha value is -2.17. The minimum absolute atomic E-state index is 0.415. The van der Waals surface area contributed by atoms with Crippen LogP contribution in [-0.2, 0) is 0 Å². The standard InChI is InChI=1S/C13H16N2O3/c1-7-5-14-11(9(7)3)17-13(16)18-12-10(4)8(2)6-15-12/h5-6,14-15H,1-4H3. The van der Waals surface area contributed by atoms with E-state index in [1.807, 2.05) is 27.7 Å². The quantitative estimate of drug-likeness (QED) is 0.802. The molecule has 2 aromatic rings. The van der Waals surface area contributed by atoms with E-state index in [0.29, 0.717) is 11.8 Å². The fourth-order valence-corrected chi connectivity index (χ4v) is 1.54. The molecule has 2 N–H and O–H groups in total. The lowest BCUT2D eigenvalue weighted by atomic mass is 10.2. The van der Waals surface area contributed by atoms with E-state index in [4.69, 9.17) is 9.47 Å². The zero-order valence-corrected chi connectivity index (χ0v) is 10.9. The Kier molecular flexibility index (Phi) is 3.14. The third-order valence-electron chi connectivity index (χ3n) is 3.07. The maximum absolute atomic E-state index is 11.6. The normalized spacial score (nSPS) is 10.4. The molecule has 2 aromatic heterocycles. The molecule has 5 nitrogen and oxygen atoms in total. The van der Waals surface area contributed by atoms with Crippen LogP contribution in [0.15, 0.2) is 12.4 Å². The number of ether oxygens (including phenoxy) is 2. The fraction of sp³-hybridized carbons (Fsp3) is 0.308. The van der Waals surface area contributed by atoms with Crippen molar-refractivity contribution >= 4 is 6.16 Å². The van der Waals surface area contributed by atoms with E-state index in [2.05, 4.69) is 9.97 Å². The molecule has 0 unspecified atom stereocenters. The Morgan fingerprint density at radius 1 is 0.889 bits per heavy atom. The summed E-state index contributed by atoms with van der Waals surface area (Å²) in [5.41, 5.74) is 3.85. The smallest absolute Gasteiger partial charge is 0.377 e. The van der Waals surface area contributed by atoms with Gasteiger partial charge in [0.1, 0.15) is 0 Å². The Morgan fingerprint density at radius 3 is 1.56 bits per heavy atom. The third-order valence-corrected chi connectivity index (χ3v) is 3.07. The van der Waals surface area contributed by atoms with Crippen LogP contribution in [0.4, 0.5) is 4.79 Å². The van der Waals surface area contributed by atoms with E-state index >= 15 is 0 Å². The number of aryl methyl sites for hydroxylation is 2. The van der Waals surface area contributed by atoms with E-state index in [1.54, 1.807) is 12.4 Å². The molecule has 0 saturated carbocycles. The van der Waals surface area contributed by atoms with Gasteiger partial charge in [-0.2, -0.15) is 0 Å². The summed E-state index contributed by atoms with van der Waals surface area (Å²) in [5, 5.41) is 0. The topological polar surface area (TPSA) is 67.1 Å². The molecule has 0 aromatic carbocycles. The van der Waals surface area contributed by atoms with E-state index in [-0.39, 0.29) is 0 Å². The summed E-state index contributed by atoms with van der Waals surface area (Å²) in [5.74, 6) is 0.830. The first-order valence-electron chi connectivity index (χ1n) is 5.68. The molecule has 0 fully saturated rings. The maximum atomic E-state index is 11.6. The zero-order chi connectivity index (χ0) is 13.3. The number of H-pyrrole nitrogens is 2. The van der Waals surface area contributed by atoms with Gasteiger partial charge >= 0.3 is 6.16 Å². The lowest BCUT2D eigenvalue weighted by molar-refractivity contribution is 0.148. The predicted octanol–water partition coefficient (Wildman–Crippen LogP) is 3.15. The number of aromatic nitrogens is 2. The third kappa shape index (κ3) is 2.25. The monoisotopic (exact) mass is 248 g/mol. The van der Waals surface area contributed by atoms with Crippen LogP contribution < -0.4 is 9.47 Å². The minimum atomic E-state index is -0.759. The van der Waals surface area contributed by atoms with Crippen molar-refractivity contribution in [1.82, 2.24) is 9.97 Å². The first kappa shape index (κ1) is 12.3. The molecule has 0 saturated heterocycles. The number of carbonyl (C=O) groups is 1. The molecule has 0 spiro atoms. The summed E-state index contributed by atoms with van der Waals surface area (Å²) in [6, 6.07) is 0. The van der Waals surface area contributed by atoms with Crippen LogP contribution in [0.1, 0.15) is 22.3 Å². The van der Waals surface area contributed by atoms with Gasteiger partial charge in [0.25, 0.3) is 0 Å². The molecule has 0 aliphatic carbocycles. The molecular weight excluding hydrogens is 232 g/mol. The first-order chi connectivity index (χ1) is 8.49. The molecule has 0 aliphatic heterocycles. The average Bonchev–Trinajstić information content (AvgIpc) is 2.80. The van der Waals surface area contributed by atoms with Gasteiger partial charge in [-0.3, -0.25) is 0 Å². The SMILES string of the molecule is Cc1c[nH]c(OC(=O)Oc2[nH]cc(C)c2C)c1C. The summed E-state index contributed by atoms with van der Waals surface area (Å²) in [7, 11) is 0. The molecule has 0 radical (unpaired) electrons. The van der Waals surface area contributed by atoms with E-state index < -0.39 is 6.16 Å². The van der Waals surface area contributed by atoms with Crippen molar-refractivity contribution in [3.63, 3.8) is 0 Å². The molecule has 0 bridgehead atoms. The highest BCUT2D eigenvalue weighted by Crippen LogP contribution is 2.22. The highest BCUT2D eigenvalue weighted by atomic mass is 16.7. The number of rotatable bonds is 2. The van der Waals surface area contributed by atoms with Crippen molar-refractivity contribution in [3.05, 3.63) is 34.6 Å². The van der Waals surface area contributed by atoms with Crippen LogP contribution in [0.5, 0.6) is 11.8 Å². The van der Waals surface area contributed by atoms with Gasteiger partial charge in [-0.1, -0.05) is 0 Å². The fourth-order valence-electron chi connectivity index (χ4n) is 1.54. The molecule has 0 aliphatic rings. The van der Waals surface area contributed by atoms with E-state index in [9.17, 15) is 4.79 Å². The summed E-state index contributed by atoms with van der Waals surface area (Å²) < 4.78 is 10.2. The van der Waals surface area contributed by atoms with Crippen molar-refractivity contribution in [2.75, 3.05) is 0 Å². The second-order valence-corrected chi connectivity index (χ2v) is 4.31. The van der Waals surface area contributed by atoms with E-state index in [0.717, 1.165) is 22.3 Å². The molecular formula is C13H16N2O3. The van der Waals surface area contributed by atoms with Crippen LogP contribution in [0.2, 0.25) is 0 Å². The van der Waals surface area contributed by atoms with Gasteiger partial charge in [0.05, 0.1) is 0 Å². The van der Waals surface area contributed by atoms with Gasteiger partial charge in [0.15, 0.2) is 0 Å². The largest absolute Gasteiger partial charge is 0.521 e. The van der Waals surface area contributed by atoms with Crippen LogP contribution in [0.25, 0.3) is 0 Å². The lowest BCUT2D eigenvalue weighted by Crippen LogP contribution is -2.15. The van der Waals surface area contributed by atoms with Crippen LogP contribution in [0, 0.1) is 27.7 Å². The summed E-state index contributed by atoms with van der Waals surface area (Å²) in [4.78, 5) is 17.4. The van der Waals surface area contributed by atoms with Gasteiger partial charge < -0.3 is 19.4 Å². The van der Waals surface area contributed by atoms with E-state index in [1.165, 1.54) is 0 Å². The highest BCUT2D eigenvalue weighted by Gasteiger charge is 2.15. The first-order valence-corrected chi connectivity index (χ1v) is 5.68. The molecule has 5 heteroatoms. The molecule has 18 heavy (non-hydrogen) atoms. The molecule has 96 valence electrons. The summed E-state index contributed by atoms with van der Waals surface area (Å²) in [6.07, 6.45) is 2.80. The summed E-state index contributed by atoms with van der Waals surface area (Å²) in [6.45, 7) is 7.61. The second kappa shape index (κ2) is 4.60. The summed E-state index contributed by atoms with van der Waals surface area (Å²) >= 11 is 0. The molecule has 0 atom stereocenters. The van der Waals surface area contributed by atoms with Crippen molar-refractivity contribution in [3.8, 4) is 11.8 Å². The van der Waals surface area contributed by atoms with Crippen molar-refractivity contribution < 1.29 is 14.3 Å².